The number of alkyl halides is 3. The zero-order valence-electron chi connectivity index (χ0n) is 20.8. The molecule has 0 saturated carbocycles. The number of benzene rings is 1. The minimum atomic E-state index is -5.13. The maximum absolute atomic E-state index is 13.9. The van der Waals surface area contributed by atoms with Crippen molar-refractivity contribution in [2.75, 3.05) is 0 Å². The number of allylic oxidation sites excluding steroid dienone is 2. The van der Waals surface area contributed by atoms with Crippen molar-refractivity contribution >= 4 is 11.3 Å². The van der Waals surface area contributed by atoms with Crippen LogP contribution in [-0.2, 0) is 17.6 Å². The third-order valence-corrected chi connectivity index (χ3v) is 6.81. The van der Waals surface area contributed by atoms with E-state index in [-0.39, 0.29) is 29.5 Å². The van der Waals surface area contributed by atoms with Crippen LogP contribution in [0.25, 0.3) is 43.5 Å². The molecule has 2 aliphatic rings. The molecule has 0 amide bonds. The van der Waals surface area contributed by atoms with Crippen molar-refractivity contribution in [1.29, 1.82) is 10.5 Å². The molecule has 7 nitrogen and oxygen atoms in total. The van der Waals surface area contributed by atoms with Gasteiger partial charge in [-0.1, -0.05) is 12.1 Å². The molecule has 0 spiro atoms. The molecular formula is C30H15F3N6O. The summed E-state index contributed by atoms with van der Waals surface area (Å²) in [6.07, 6.45) is -2.20. The molecule has 0 fully saturated rings. The number of ether oxygens (including phenoxy) is 1. The summed E-state index contributed by atoms with van der Waals surface area (Å²) >= 11 is 0. The Labute approximate surface area is 226 Å². The van der Waals surface area contributed by atoms with Gasteiger partial charge in [0.15, 0.2) is 0 Å². The van der Waals surface area contributed by atoms with Gasteiger partial charge in [0, 0.05) is 40.7 Å². The smallest absolute Gasteiger partial charge is 0.405 e. The number of aromatic nitrogens is 2. The lowest BCUT2D eigenvalue weighted by Gasteiger charge is -2.16. The van der Waals surface area contributed by atoms with Crippen molar-refractivity contribution in [3.63, 3.8) is 0 Å². The Bertz CT molecular complexity index is 1920. The molecule has 0 radical (unpaired) electrons. The van der Waals surface area contributed by atoms with E-state index in [2.05, 4.69) is 24.4 Å². The summed E-state index contributed by atoms with van der Waals surface area (Å²) in [6.45, 7) is 16.8. The second-order valence-corrected chi connectivity index (χ2v) is 8.85. The Hall–Kier alpha value is -5.71. The van der Waals surface area contributed by atoms with E-state index in [0.29, 0.717) is 50.0 Å². The lowest BCUT2D eigenvalue weighted by atomic mass is 9.90. The van der Waals surface area contributed by atoms with E-state index in [4.69, 9.17) is 13.1 Å². The van der Waals surface area contributed by atoms with Crippen LogP contribution in [0.15, 0.2) is 71.3 Å². The van der Waals surface area contributed by atoms with Gasteiger partial charge in [-0.15, -0.1) is 13.2 Å². The molecule has 0 bridgehead atoms. The molecule has 0 unspecified atom stereocenters. The number of fused-ring (bicyclic) bond motifs is 2. The van der Waals surface area contributed by atoms with Crippen molar-refractivity contribution in [2.24, 2.45) is 0 Å². The summed E-state index contributed by atoms with van der Waals surface area (Å²) < 4.78 is 46.2. The Morgan fingerprint density at radius 3 is 1.88 bits per heavy atom. The average molecular weight is 532 g/mol. The van der Waals surface area contributed by atoms with Crippen LogP contribution in [-0.4, -0.2) is 16.3 Å². The number of nitriles is 2. The molecule has 3 aromatic rings. The molecule has 2 heterocycles. The fraction of sp³-hybridized carbons (Fsp3) is 0.133. The largest absolute Gasteiger partial charge is 0.573 e. The van der Waals surface area contributed by atoms with E-state index >= 15 is 0 Å². The molecule has 10 heteroatoms. The second-order valence-electron chi connectivity index (χ2n) is 8.85. The highest BCUT2D eigenvalue weighted by Gasteiger charge is 2.40. The Kier molecular flexibility index (Phi) is 6.40. The van der Waals surface area contributed by atoms with E-state index in [1.165, 1.54) is 6.20 Å². The molecule has 0 atom stereocenters. The third kappa shape index (κ3) is 4.15. The van der Waals surface area contributed by atoms with E-state index in [1.54, 1.807) is 61.7 Å². The topological polar surface area (TPSA) is 91.3 Å². The standard InChI is InChI=1S/C30H15F3N6O/c1-16-18(29(36-2)37-3)12-20-24(16)25(22-8-4-6-10-38-22)21-13-19(17(14-34)15-35)28(40-30(31,32)33)27(21)26(20)23-9-5-7-11-39-23/h4-11H,12-13H2,1H3. The van der Waals surface area contributed by atoms with Crippen LogP contribution in [0.4, 0.5) is 13.2 Å². The number of hydrogen-bond acceptors (Lipinski definition) is 5. The normalized spacial score (nSPS) is 13.5. The lowest BCUT2D eigenvalue weighted by molar-refractivity contribution is -0.290. The van der Waals surface area contributed by atoms with Crippen LogP contribution in [0.3, 0.4) is 0 Å². The third-order valence-electron chi connectivity index (χ3n) is 6.81. The average Bonchev–Trinajstić information content (AvgIpc) is 3.47. The van der Waals surface area contributed by atoms with Crippen molar-refractivity contribution < 1.29 is 17.9 Å². The monoisotopic (exact) mass is 532 g/mol. The summed E-state index contributed by atoms with van der Waals surface area (Å²) in [5.74, 6) is -0.785. The van der Waals surface area contributed by atoms with Crippen molar-refractivity contribution in [2.45, 2.75) is 26.1 Å². The zero-order chi connectivity index (χ0) is 28.6. The SMILES string of the molecule is [C-]#[N+]C([N+]#[C-])=C1Cc2c(-c3ccccn3)c3c(c(-c4ccccn4)c2=C1C)CC(=C(C#N)C#N)C=3OC(F)(F)F. The van der Waals surface area contributed by atoms with Crippen LogP contribution < -0.4 is 10.4 Å². The summed E-state index contributed by atoms with van der Waals surface area (Å²) in [5, 5.41) is 20.0. The summed E-state index contributed by atoms with van der Waals surface area (Å²) in [7, 11) is 0. The lowest BCUT2D eigenvalue weighted by Crippen LogP contribution is -2.26. The van der Waals surface area contributed by atoms with Gasteiger partial charge in [-0.2, -0.15) is 20.2 Å². The molecule has 40 heavy (non-hydrogen) atoms. The van der Waals surface area contributed by atoms with Crippen LogP contribution >= 0.6 is 0 Å². The van der Waals surface area contributed by atoms with Crippen LogP contribution in [0, 0.1) is 35.8 Å². The predicted molar refractivity (Wildman–Crippen MR) is 138 cm³/mol. The van der Waals surface area contributed by atoms with Gasteiger partial charge in [-0.3, -0.25) is 9.97 Å². The predicted octanol–water partition coefficient (Wildman–Crippen LogP) is 5.13. The first-order valence-electron chi connectivity index (χ1n) is 11.8. The van der Waals surface area contributed by atoms with Gasteiger partial charge < -0.3 is 4.74 Å². The quantitative estimate of drug-likeness (QED) is 0.345. The van der Waals surface area contributed by atoms with Gasteiger partial charge >= 0.3 is 12.2 Å². The molecule has 2 aromatic heterocycles. The van der Waals surface area contributed by atoms with Crippen LogP contribution in [0.1, 0.15) is 18.1 Å². The molecule has 0 aliphatic heterocycles. The molecule has 0 saturated heterocycles. The van der Waals surface area contributed by atoms with Gasteiger partial charge in [0.2, 0.25) is 0 Å². The molecule has 2 aliphatic carbocycles. The molecular weight excluding hydrogens is 517 g/mol. The number of halogens is 3. The Morgan fingerprint density at radius 1 is 0.875 bits per heavy atom. The van der Waals surface area contributed by atoms with Crippen LogP contribution in [0.2, 0.25) is 0 Å². The van der Waals surface area contributed by atoms with Gasteiger partial charge in [-0.05, 0) is 59.5 Å². The number of nitrogens with zero attached hydrogens (tertiary/aromatic N) is 6. The first-order chi connectivity index (χ1) is 19.2. The first-order valence-corrected chi connectivity index (χ1v) is 11.8. The van der Waals surface area contributed by atoms with Gasteiger partial charge in [0.25, 0.3) is 0 Å². The molecule has 0 N–H and O–H groups in total. The van der Waals surface area contributed by atoms with Gasteiger partial charge in [0.05, 0.1) is 17.0 Å². The number of pyridine rings is 2. The van der Waals surface area contributed by atoms with Crippen molar-refractivity contribution in [1.82, 2.24) is 9.97 Å². The van der Waals surface area contributed by atoms with E-state index in [1.807, 2.05) is 0 Å². The maximum Gasteiger partial charge on any atom is 0.573 e. The number of rotatable bonds is 3. The van der Waals surface area contributed by atoms with E-state index in [9.17, 15) is 23.7 Å². The minimum absolute atomic E-state index is 0.0506. The van der Waals surface area contributed by atoms with Crippen molar-refractivity contribution in [3.05, 3.63) is 116 Å². The van der Waals surface area contributed by atoms with E-state index < -0.39 is 17.7 Å². The molecule has 5 rings (SSSR count). The second kappa shape index (κ2) is 9.87. The highest BCUT2D eigenvalue weighted by Crippen LogP contribution is 2.40. The maximum atomic E-state index is 13.9. The first kappa shape index (κ1) is 25.9. The van der Waals surface area contributed by atoms with Crippen LogP contribution in [0.5, 0.6) is 0 Å². The number of hydrogen-bond donors (Lipinski definition) is 0. The summed E-state index contributed by atoms with van der Waals surface area (Å²) in [4.78, 5) is 15.7. The Morgan fingerprint density at radius 2 is 1.40 bits per heavy atom. The Balaban J connectivity index is 2.12. The van der Waals surface area contributed by atoms with Gasteiger partial charge in [0.1, 0.15) is 36.6 Å². The summed E-state index contributed by atoms with van der Waals surface area (Å²) in [5.41, 5.74) is 2.90. The van der Waals surface area contributed by atoms with Gasteiger partial charge in [-0.25, -0.2) is 0 Å². The summed E-state index contributed by atoms with van der Waals surface area (Å²) in [6, 6.07) is 13.5. The fourth-order valence-corrected chi connectivity index (χ4v) is 5.32. The van der Waals surface area contributed by atoms with E-state index in [0.717, 1.165) is 0 Å². The molecule has 1 aromatic carbocycles. The fourth-order valence-electron chi connectivity index (χ4n) is 5.32. The zero-order valence-corrected chi connectivity index (χ0v) is 20.8. The highest BCUT2D eigenvalue weighted by molar-refractivity contribution is 5.89. The highest BCUT2D eigenvalue weighted by atomic mass is 19.4. The minimum Gasteiger partial charge on any atom is -0.405 e. The van der Waals surface area contributed by atoms with Crippen molar-refractivity contribution in [3.8, 4) is 34.7 Å². The molecule has 192 valence electrons.